The number of hydrogen-bond acceptors (Lipinski definition) is 3. The van der Waals surface area contributed by atoms with E-state index >= 15 is 0 Å². The third kappa shape index (κ3) is 3.98. The highest BCUT2D eigenvalue weighted by Crippen LogP contribution is 2.22. The lowest BCUT2D eigenvalue weighted by atomic mass is 9.93. The number of aliphatic hydroxyl groups is 1. The van der Waals surface area contributed by atoms with Crippen molar-refractivity contribution in [3.05, 3.63) is 35.9 Å². The van der Waals surface area contributed by atoms with Gasteiger partial charge < -0.3 is 10.0 Å². The van der Waals surface area contributed by atoms with Gasteiger partial charge in [-0.25, -0.2) is 0 Å². The lowest BCUT2D eigenvalue weighted by molar-refractivity contribution is -0.134. The summed E-state index contributed by atoms with van der Waals surface area (Å²) >= 11 is 4.44. The van der Waals surface area contributed by atoms with E-state index in [0.717, 1.165) is 5.56 Å². The molecule has 1 amide bonds. The summed E-state index contributed by atoms with van der Waals surface area (Å²) in [6.45, 7) is 3.08. The molecule has 3 nitrogen and oxygen atoms in total. The maximum Gasteiger partial charge on any atom is 0.235 e. The minimum absolute atomic E-state index is 0.0719. The van der Waals surface area contributed by atoms with E-state index in [1.807, 2.05) is 42.2 Å². The monoisotopic (exact) mass is 279 g/mol. The van der Waals surface area contributed by atoms with Crippen LogP contribution in [0.4, 0.5) is 0 Å². The molecule has 1 aromatic rings. The third-order valence-electron chi connectivity index (χ3n) is 3.71. The Hall–Kier alpha value is -1.00. The largest absolute Gasteiger partial charge is 0.390 e. The van der Waals surface area contributed by atoms with E-state index in [-0.39, 0.29) is 11.2 Å². The highest BCUT2D eigenvalue weighted by Gasteiger charge is 2.31. The SMILES string of the molecule is CC1(O)CCN(C(=O)C(S)Cc2ccccc2)CC1. The van der Waals surface area contributed by atoms with Crippen molar-refractivity contribution in [2.24, 2.45) is 0 Å². The Balaban J connectivity index is 1.89. The van der Waals surface area contributed by atoms with Crippen molar-refractivity contribution >= 4 is 18.5 Å². The predicted molar refractivity (Wildman–Crippen MR) is 79.4 cm³/mol. The normalized spacial score (nSPS) is 20.1. The summed E-state index contributed by atoms with van der Waals surface area (Å²) in [6.07, 6.45) is 1.94. The first kappa shape index (κ1) is 14.4. The number of carbonyl (C=O) groups is 1. The summed E-state index contributed by atoms with van der Waals surface area (Å²) < 4.78 is 0. The van der Waals surface area contributed by atoms with Gasteiger partial charge in [0.05, 0.1) is 10.9 Å². The van der Waals surface area contributed by atoms with Crippen molar-refractivity contribution in [3.8, 4) is 0 Å². The highest BCUT2D eigenvalue weighted by atomic mass is 32.1. The van der Waals surface area contributed by atoms with Gasteiger partial charge in [-0.3, -0.25) is 4.79 Å². The molecule has 104 valence electrons. The quantitative estimate of drug-likeness (QED) is 0.830. The summed E-state index contributed by atoms with van der Waals surface area (Å²) in [6, 6.07) is 9.93. The lowest BCUT2D eigenvalue weighted by Gasteiger charge is -2.36. The zero-order valence-electron chi connectivity index (χ0n) is 11.2. The van der Waals surface area contributed by atoms with Gasteiger partial charge in [-0.15, -0.1) is 0 Å². The van der Waals surface area contributed by atoms with E-state index < -0.39 is 5.60 Å². The van der Waals surface area contributed by atoms with E-state index in [1.54, 1.807) is 0 Å². The number of nitrogens with zero attached hydrogens (tertiary/aromatic N) is 1. The predicted octanol–water partition coefficient (Wildman–Crippen LogP) is 1.90. The van der Waals surface area contributed by atoms with Crippen LogP contribution in [0.15, 0.2) is 30.3 Å². The van der Waals surface area contributed by atoms with Crippen LogP contribution in [0.3, 0.4) is 0 Å². The van der Waals surface area contributed by atoms with Gasteiger partial charge in [-0.2, -0.15) is 12.6 Å². The topological polar surface area (TPSA) is 40.5 Å². The number of piperidine rings is 1. The number of amides is 1. The smallest absolute Gasteiger partial charge is 0.235 e. The maximum absolute atomic E-state index is 12.3. The first-order chi connectivity index (χ1) is 8.98. The zero-order valence-corrected chi connectivity index (χ0v) is 12.1. The number of likely N-dealkylation sites (tertiary alicyclic amines) is 1. The first-order valence-electron chi connectivity index (χ1n) is 6.71. The Morgan fingerprint density at radius 3 is 2.53 bits per heavy atom. The molecule has 0 saturated carbocycles. The van der Waals surface area contributed by atoms with E-state index in [0.29, 0.717) is 32.4 Å². The van der Waals surface area contributed by atoms with Crippen molar-refractivity contribution in [3.63, 3.8) is 0 Å². The fourth-order valence-corrected chi connectivity index (χ4v) is 2.72. The molecule has 0 radical (unpaired) electrons. The van der Waals surface area contributed by atoms with Crippen LogP contribution in [-0.4, -0.2) is 39.9 Å². The van der Waals surface area contributed by atoms with Gasteiger partial charge in [0.15, 0.2) is 0 Å². The molecule has 1 unspecified atom stereocenters. The minimum atomic E-state index is -0.623. The van der Waals surface area contributed by atoms with Gasteiger partial charge in [0.2, 0.25) is 5.91 Å². The maximum atomic E-state index is 12.3. The number of benzene rings is 1. The second kappa shape index (κ2) is 5.97. The highest BCUT2D eigenvalue weighted by molar-refractivity contribution is 7.81. The van der Waals surface area contributed by atoms with Crippen LogP contribution in [-0.2, 0) is 11.2 Å². The Bertz CT molecular complexity index is 423. The molecule has 1 aromatic carbocycles. The van der Waals surface area contributed by atoms with Crippen molar-refractivity contribution in [1.82, 2.24) is 4.90 Å². The molecule has 1 N–H and O–H groups in total. The Labute approximate surface area is 120 Å². The fraction of sp³-hybridized carbons (Fsp3) is 0.533. The molecular weight excluding hydrogens is 258 g/mol. The molecule has 1 saturated heterocycles. The number of carbonyl (C=O) groups excluding carboxylic acids is 1. The molecule has 1 aliphatic rings. The molecule has 1 aliphatic heterocycles. The molecule has 0 aromatic heterocycles. The molecule has 1 atom stereocenters. The van der Waals surface area contributed by atoms with Crippen molar-refractivity contribution in [2.45, 2.75) is 37.0 Å². The summed E-state index contributed by atoms with van der Waals surface area (Å²) in [5.74, 6) is 0.0719. The Morgan fingerprint density at radius 2 is 1.95 bits per heavy atom. The Morgan fingerprint density at radius 1 is 1.37 bits per heavy atom. The zero-order chi connectivity index (χ0) is 13.9. The van der Waals surface area contributed by atoms with Gasteiger partial charge >= 0.3 is 0 Å². The molecule has 2 rings (SSSR count). The second-order valence-corrected chi connectivity index (χ2v) is 6.15. The van der Waals surface area contributed by atoms with Crippen LogP contribution < -0.4 is 0 Å². The fourth-order valence-electron chi connectivity index (χ4n) is 2.34. The second-order valence-electron chi connectivity index (χ2n) is 5.53. The van der Waals surface area contributed by atoms with E-state index in [4.69, 9.17) is 0 Å². The summed E-state index contributed by atoms with van der Waals surface area (Å²) in [5, 5.41) is 9.59. The first-order valence-corrected chi connectivity index (χ1v) is 7.23. The van der Waals surface area contributed by atoms with E-state index in [9.17, 15) is 9.90 Å². The van der Waals surface area contributed by atoms with Gasteiger partial charge in [-0.05, 0) is 31.7 Å². The van der Waals surface area contributed by atoms with Gasteiger partial charge in [-0.1, -0.05) is 30.3 Å². The molecule has 1 heterocycles. The average Bonchev–Trinajstić information content (AvgIpc) is 2.39. The minimum Gasteiger partial charge on any atom is -0.390 e. The summed E-state index contributed by atoms with van der Waals surface area (Å²) in [4.78, 5) is 14.1. The molecular formula is C15H21NO2S. The number of rotatable bonds is 3. The van der Waals surface area contributed by atoms with Crippen molar-refractivity contribution < 1.29 is 9.90 Å². The molecule has 19 heavy (non-hydrogen) atoms. The van der Waals surface area contributed by atoms with Crippen LogP contribution >= 0.6 is 12.6 Å². The average molecular weight is 279 g/mol. The Kier molecular flexibility index (Phi) is 4.53. The van der Waals surface area contributed by atoms with Gasteiger partial charge in [0.1, 0.15) is 0 Å². The van der Waals surface area contributed by atoms with Gasteiger partial charge in [0, 0.05) is 13.1 Å². The van der Waals surface area contributed by atoms with Crippen LogP contribution in [0.2, 0.25) is 0 Å². The number of hydrogen-bond donors (Lipinski definition) is 2. The van der Waals surface area contributed by atoms with Crippen LogP contribution in [0.25, 0.3) is 0 Å². The third-order valence-corrected chi connectivity index (χ3v) is 4.11. The van der Waals surface area contributed by atoms with Gasteiger partial charge in [0.25, 0.3) is 0 Å². The van der Waals surface area contributed by atoms with Crippen LogP contribution in [0.1, 0.15) is 25.3 Å². The number of thiol groups is 1. The molecule has 4 heteroatoms. The molecule has 0 spiro atoms. The standard InChI is InChI=1S/C15H21NO2S/c1-15(18)7-9-16(10-8-15)14(17)13(19)11-12-5-3-2-4-6-12/h2-6,13,18-19H,7-11H2,1H3. The summed E-state index contributed by atoms with van der Waals surface area (Å²) in [5.41, 5.74) is 0.502. The molecule has 1 fully saturated rings. The van der Waals surface area contributed by atoms with Crippen LogP contribution in [0, 0.1) is 0 Å². The van der Waals surface area contributed by atoms with E-state index in [1.165, 1.54) is 0 Å². The molecule has 0 bridgehead atoms. The van der Waals surface area contributed by atoms with Crippen LogP contribution in [0.5, 0.6) is 0 Å². The molecule has 0 aliphatic carbocycles. The van der Waals surface area contributed by atoms with Crippen molar-refractivity contribution in [1.29, 1.82) is 0 Å². The lowest BCUT2D eigenvalue weighted by Crippen LogP contribution is -2.47. The van der Waals surface area contributed by atoms with Crippen molar-refractivity contribution in [2.75, 3.05) is 13.1 Å². The van der Waals surface area contributed by atoms with E-state index in [2.05, 4.69) is 12.6 Å². The summed E-state index contributed by atoms with van der Waals surface area (Å²) in [7, 11) is 0.